The van der Waals surface area contributed by atoms with E-state index in [9.17, 15) is 9.59 Å². The van der Waals surface area contributed by atoms with Crippen LogP contribution in [0.2, 0.25) is 0 Å². The van der Waals surface area contributed by atoms with Gasteiger partial charge in [-0.25, -0.2) is 9.78 Å². The van der Waals surface area contributed by atoms with Gasteiger partial charge < -0.3 is 5.32 Å². The molecule has 0 fully saturated rings. The predicted molar refractivity (Wildman–Crippen MR) is 80.0 cm³/mol. The number of carbonyl (C=O) groups is 1. The number of nitrogens with zero attached hydrogens (tertiary/aromatic N) is 3. The van der Waals surface area contributed by atoms with E-state index in [1.54, 1.807) is 31.4 Å². The third-order valence-corrected chi connectivity index (χ3v) is 3.29. The molecule has 0 radical (unpaired) electrons. The zero-order chi connectivity index (χ0) is 14.8. The van der Waals surface area contributed by atoms with Crippen LogP contribution in [0.15, 0.2) is 53.5 Å². The molecule has 0 spiro atoms. The Morgan fingerprint density at radius 3 is 2.57 bits per heavy atom. The van der Waals surface area contributed by atoms with Gasteiger partial charge in [0.25, 0.3) is 0 Å². The smallest absolute Gasteiger partial charge is 0.309 e. The van der Waals surface area contributed by atoms with Crippen LogP contribution in [0, 0.1) is 0 Å². The number of fused-ring (bicyclic) bond motifs is 1. The monoisotopic (exact) mass is 282 g/mol. The number of nitrogens with one attached hydrogen (secondary N) is 1. The fraction of sp³-hybridized carbons (Fsp3) is 0.133. The van der Waals surface area contributed by atoms with Crippen LogP contribution in [0.25, 0.3) is 11.0 Å². The number of pyridine rings is 1. The number of benzene rings is 1. The van der Waals surface area contributed by atoms with Crippen LogP contribution in [0.1, 0.15) is 0 Å². The van der Waals surface area contributed by atoms with Crippen LogP contribution in [0.4, 0.5) is 5.82 Å². The molecular formula is C15H14N4O2. The number of amides is 1. The Bertz CT molecular complexity index is 849. The second kappa shape index (κ2) is 5.24. The molecule has 6 nitrogen and oxygen atoms in total. The van der Waals surface area contributed by atoms with Crippen molar-refractivity contribution in [1.82, 2.24) is 14.1 Å². The second-order valence-electron chi connectivity index (χ2n) is 4.68. The Balaban J connectivity index is 1.90. The lowest BCUT2D eigenvalue weighted by Crippen LogP contribution is -2.28. The van der Waals surface area contributed by atoms with Crippen LogP contribution in [-0.2, 0) is 18.4 Å². The zero-order valence-electron chi connectivity index (χ0n) is 11.5. The van der Waals surface area contributed by atoms with E-state index in [0.717, 1.165) is 11.0 Å². The van der Waals surface area contributed by atoms with Gasteiger partial charge in [-0.2, -0.15) is 0 Å². The number of imidazole rings is 1. The highest BCUT2D eigenvalue weighted by Gasteiger charge is 2.13. The molecule has 0 aliphatic rings. The van der Waals surface area contributed by atoms with Crippen molar-refractivity contribution in [3.63, 3.8) is 0 Å². The quantitative estimate of drug-likeness (QED) is 0.789. The van der Waals surface area contributed by atoms with Gasteiger partial charge in [0.1, 0.15) is 12.4 Å². The summed E-state index contributed by atoms with van der Waals surface area (Å²) in [5.41, 5.74) is 1.32. The van der Waals surface area contributed by atoms with Gasteiger partial charge in [0.2, 0.25) is 5.91 Å². The summed E-state index contributed by atoms with van der Waals surface area (Å²) in [6, 6.07) is 12.6. The lowest BCUT2D eigenvalue weighted by molar-refractivity contribution is -0.116. The molecule has 0 unspecified atom stereocenters. The van der Waals surface area contributed by atoms with E-state index in [4.69, 9.17) is 0 Å². The molecule has 0 aliphatic carbocycles. The van der Waals surface area contributed by atoms with E-state index in [-0.39, 0.29) is 18.1 Å². The highest BCUT2D eigenvalue weighted by atomic mass is 16.2. The third kappa shape index (κ3) is 2.43. The van der Waals surface area contributed by atoms with Gasteiger partial charge in [0.15, 0.2) is 0 Å². The molecule has 0 aliphatic heterocycles. The van der Waals surface area contributed by atoms with Crippen molar-refractivity contribution in [1.29, 1.82) is 0 Å². The van der Waals surface area contributed by atoms with E-state index in [1.165, 1.54) is 9.13 Å². The number of aromatic nitrogens is 3. The van der Waals surface area contributed by atoms with Crippen LogP contribution in [0.3, 0.4) is 0 Å². The van der Waals surface area contributed by atoms with Crippen molar-refractivity contribution in [2.75, 3.05) is 5.32 Å². The first-order valence-electron chi connectivity index (χ1n) is 6.52. The number of rotatable bonds is 3. The predicted octanol–water partition coefficient (Wildman–Crippen LogP) is 1.37. The Morgan fingerprint density at radius 1 is 1.14 bits per heavy atom. The van der Waals surface area contributed by atoms with Gasteiger partial charge in [0.05, 0.1) is 11.0 Å². The fourth-order valence-electron chi connectivity index (χ4n) is 2.28. The minimum Gasteiger partial charge on any atom is -0.309 e. The van der Waals surface area contributed by atoms with Gasteiger partial charge in [-0.3, -0.25) is 13.9 Å². The van der Waals surface area contributed by atoms with Crippen LogP contribution in [0.5, 0.6) is 0 Å². The van der Waals surface area contributed by atoms with Crippen LogP contribution >= 0.6 is 0 Å². The molecule has 1 amide bonds. The first kappa shape index (κ1) is 13.1. The van der Waals surface area contributed by atoms with E-state index in [1.807, 2.05) is 24.3 Å². The summed E-state index contributed by atoms with van der Waals surface area (Å²) in [5, 5.41) is 2.67. The van der Waals surface area contributed by atoms with Crippen LogP contribution in [-0.4, -0.2) is 20.0 Å². The van der Waals surface area contributed by atoms with E-state index < -0.39 is 0 Å². The highest BCUT2D eigenvalue weighted by Crippen LogP contribution is 2.11. The Morgan fingerprint density at radius 2 is 1.86 bits per heavy atom. The second-order valence-corrected chi connectivity index (χ2v) is 4.68. The highest BCUT2D eigenvalue weighted by molar-refractivity contribution is 5.90. The van der Waals surface area contributed by atoms with Crippen molar-refractivity contribution >= 4 is 22.8 Å². The van der Waals surface area contributed by atoms with E-state index >= 15 is 0 Å². The molecule has 0 saturated carbocycles. The lowest BCUT2D eigenvalue weighted by atomic mass is 10.3. The molecular weight excluding hydrogens is 268 g/mol. The number of hydrogen-bond donors (Lipinski definition) is 1. The Hall–Kier alpha value is -2.89. The van der Waals surface area contributed by atoms with E-state index in [0.29, 0.717) is 5.82 Å². The zero-order valence-corrected chi connectivity index (χ0v) is 11.5. The first-order chi connectivity index (χ1) is 10.2. The average molecular weight is 282 g/mol. The summed E-state index contributed by atoms with van der Waals surface area (Å²) >= 11 is 0. The first-order valence-corrected chi connectivity index (χ1v) is 6.52. The number of para-hydroxylation sites is 2. The van der Waals surface area contributed by atoms with Crippen LogP contribution < -0.4 is 11.0 Å². The molecule has 3 rings (SSSR count). The minimum absolute atomic E-state index is 0.0449. The SMILES string of the molecule is Cn1c(=O)n(CC(=O)Nc2ccccn2)c2ccccc21. The van der Waals surface area contributed by atoms with Crippen molar-refractivity contribution < 1.29 is 4.79 Å². The third-order valence-electron chi connectivity index (χ3n) is 3.29. The molecule has 1 aromatic carbocycles. The van der Waals surface area contributed by atoms with Gasteiger partial charge in [-0.15, -0.1) is 0 Å². The molecule has 6 heteroatoms. The van der Waals surface area contributed by atoms with Gasteiger partial charge >= 0.3 is 5.69 Å². The summed E-state index contributed by atoms with van der Waals surface area (Å²) in [5.74, 6) is 0.183. The summed E-state index contributed by atoms with van der Waals surface area (Å²) in [4.78, 5) is 28.3. The normalized spacial score (nSPS) is 10.7. The maximum atomic E-state index is 12.2. The maximum absolute atomic E-state index is 12.2. The summed E-state index contributed by atoms with van der Waals surface area (Å²) in [7, 11) is 1.69. The number of hydrogen-bond acceptors (Lipinski definition) is 3. The molecule has 1 N–H and O–H groups in total. The standard InChI is InChI=1S/C15H14N4O2/c1-18-11-6-2-3-7-12(11)19(15(18)21)10-14(20)17-13-8-4-5-9-16-13/h2-9H,10H2,1H3,(H,16,17,20). The number of anilines is 1. The molecule has 0 saturated heterocycles. The Labute approximate surface area is 120 Å². The molecule has 106 valence electrons. The summed E-state index contributed by atoms with van der Waals surface area (Å²) < 4.78 is 2.98. The summed E-state index contributed by atoms with van der Waals surface area (Å²) in [6.07, 6.45) is 1.60. The number of carbonyl (C=O) groups excluding carboxylic acids is 1. The Kier molecular flexibility index (Phi) is 3.27. The van der Waals surface area contributed by atoms with Gasteiger partial charge in [-0.1, -0.05) is 18.2 Å². The molecule has 0 atom stereocenters. The van der Waals surface area contributed by atoms with Gasteiger partial charge in [0, 0.05) is 13.2 Å². The molecule has 2 heterocycles. The largest absolute Gasteiger partial charge is 0.329 e. The molecule has 21 heavy (non-hydrogen) atoms. The maximum Gasteiger partial charge on any atom is 0.329 e. The molecule has 0 bridgehead atoms. The van der Waals surface area contributed by atoms with E-state index in [2.05, 4.69) is 10.3 Å². The average Bonchev–Trinajstić information content (AvgIpc) is 2.74. The lowest BCUT2D eigenvalue weighted by Gasteiger charge is -2.05. The van der Waals surface area contributed by atoms with Crippen molar-refractivity contribution in [3.8, 4) is 0 Å². The van der Waals surface area contributed by atoms with Crippen molar-refractivity contribution in [2.24, 2.45) is 7.05 Å². The van der Waals surface area contributed by atoms with Gasteiger partial charge in [-0.05, 0) is 24.3 Å². The van der Waals surface area contributed by atoms with Crippen molar-refractivity contribution in [2.45, 2.75) is 6.54 Å². The minimum atomic E-state index is -0.285. The summed E-state index contributed by atoms with van der Waals surface area (Å²) in [6.45, 7) is -0.0449. The topological polar surface area (TPSA) is 68.9 Å². The molecule has 2 aromatic heterocycles. The fourth-order valence-corrected chi connectivity index (χ4v) is 2.28. The van der Waals surface area contributed by atoms with Crippen molar-refractivity contribution in [3.05, 3.63) is 59.1 Å². The molecule has 3 aromatic rings. The number of aryl methyl sites for hydroxylation is 1.